The van der Waals surface area contributed by atoms with Crippen LogP contribution in [0.2, 0.25) is 5.02 Å². The highest BCUT2D eigenvalue weighted by atomic mass is 35.5. The zero-order valence-corrected chi connectivity index (χ0v) is 20.8. The number of morpholine rings is 1. The Labute approximate surface area is 207 Å². The molecule has 2 fully saturated rings. The summed E-state index contributed by atoms with van der Waals surface area (Å²) in [5.41, 5.74) is 1.88. The van der Waals surface area contributed by atoms with Gasteiger partial charge in [0.2, 0.25) is 5.91 Å². The van der Waals surface area contributed by atoms with Crippen molar-refractivity contribution in [3.63, 3.8) is 0 Å². The van der Waals surface area contributed by atoms with Gasteiger partial charge in [-0.3, -0.25) is 9.59 Å². The summed E-state index contributed by atoms with van der Waals surface area (Å²) in [6.07, 6.45) is 4.41. The van der Waals surface area contributed by atoms with Gasteiger partial charge >= 0.3 is 0 Å². The van der Waals surface area contributed by atoms with Crippen molar-refractivity contribution in [3.8, 4) is 0 Å². The first kappa shape index (κ1) is 24.3. The van der Waals surface area contributed by atoms with Crippen LogP contribution in [0.4, 0.5) is 0 Å². The zero-order valence-electron chi connectivity index (χ0n) is 20.1. The van der Waals surface area contributed by atoms with Gasteiger partial charge in [0, 0.05) is 11.6 Å². The molecule has 1 aliphatic heterocycles. The molecule has 2 aromatic carbocycles. The minimum absolute atomic E-state index is 0.00317. The molecule has 5 nitrogen and oxygen atoms in total. The molecule has 6 heteroatoms. The number of hydrogen-bond acceptors (Lipinski definition) is 3. The summed E-state index contributed by atoms with van der Waals surface area (Å²) in [7, 11) is 0. The Balaban J connectivity index is 1.54. The largest absolute Gasteiger partial charge is 0.482 e. The molecule has 0 radical (unpaired) electrons. The molecule has 4 rings (SSSR count). The fraction of sp³-hybridized carbons (Fsp3) is 0.429. The molecule has 0 spiro atoms. The standard InChI is InChI=1S/C28H33ClN2O3/c1-28(2,3)21-13-14-24-23(16-21)31(18-26(32)30-17-20-11-7-8-12-22(20)29)27(33)25(34-24)15-19-9-5-4-6-10-19/h4-12,15,21,23-24H,13-14,16-18H2,1-3H3,(H,30,32)/b25-15-. The molecular weight excluding hydrogens is 448 g/mol. The van der Waals surface area contributed by atoms with Crippen LogP contribution in [0.1, 0.15) is 51.2 Å². The van der Waals surface area contributed by atoms with Crippen LogP contribution in [-0.4, -0.2) is 35.4 Å². The molecule has 2 aliphatic rings. The van der Waals surface area contributed by atoms with E-state index in [0.717, 1.165) is 30.4 Å². The van der Waals surface area contributed by atoms with Gasteiger partial charge in [0.15, 0.2) is 5.76 Å². The first-order valence-corrected chi connectivity index (χ1v) is 12.3. The van der Waals surface area contributed by atoms with Crippen LogP contribution in [0.15, 0.2) is 60.4 Å². The number of benzene rings is 2. The van der Waals surface area contributed by atoms with E-state index in [1.807, 2.05) is 48.5 Å². The Bertz CT molecular complexity index is 1060. The molecule has 2 amide bonds. The quantitative estimate of drug-likeness (QED) is 0.580. The van der Waals surface area contributed by atoms with E-state index in [1.165, 1.54) is 0 Å². The van der Waals surface area contributed by atoms with E-state index in [4.69, 9.17) is 16.3 Å². The summed E-state index contributed by atoms with van der Waals surface area (Å²) in [6, 6.07) is 17.0. The second-order valence-corrected chi connectivity index (χ2v) is 10.7. The number of fused-ring (bicyclic) bond motifs is 1. The van der Waals surface area contributed by atoms with Crippen molar-refractivity contribution in [2.75, 3.05) is 6.54 Å². The molecule has 1 saturated carbocycles. The Morgan fingerprint density at radius 2 is 1.82 bits per heavy atom. The van der Waals surface area contributed by atoms with Crippen molar-refractivity contribution in [2.24, 2.45) is 11.3 Å². The van der Waals surface area contributed by atoms with Gasteiger partial charge in [-0.2, -0.15) is 0 Å². The Hall–Kier alpha value is -2.79. The Kier molecular flexibility index (Phi) is 7.32. The predicted molar refractivity (Wildman–Crippen MR) is 135 cm³/mol. The fourth-order valence-corrected chi connectivity index (χ4v) is 5.11. The highest BCUT2D eigenvalue weighted by Gasteiger charge is 2.46. The lowest BCUT2D eigenvalue weighted by atomic mass is 9.69. The summed E-state index contributed by atoms with van der Waals surface area (Å²) in [5, 5.41) is 3.54. The maximum absolute atomic E-state index is 13.5. The number of ether oxygens (including phenoxy) is 1. The number of carbonyl (C=O) groups is 2. The molecule has 3 unspecified atom stereocenters. The van der Waals surface area contributed by atoms with Gasteiger partial charge in [0.1, 0.15) is 12.6 Å². The van der Waals surface area contributed by atoms with E-state index >= 15 is 0 Å². The molecular formula is C28H33ClN2O3. The van der Waals surface area contributed by atoms with E-state index in [2.05, 4.69) is 26.1 Å². The topological polar surface area (TPSA) is 58.6 Å². The first-order valence-electron chi connectivity index (χ1n) is 12.0. The minimum Gasteiger partial charge on any atom is -0.482 e. The van der Waals surface area contributed by atoms with Crippen molar-refractivity contribution in [1.82, 2.24) is 10.2 Å². The second kappa shape index (κ2) is 10.2. The lowest BCUT2D eigenvalue weighted by molar-refractivity contribution is -0.154. The third kappa shape index (κ3) is 5.64. The van der Waals surface area contributed by atoms with Gasteiger partial charge in [-0.15, -0.1) is 0 Å². The van der Waals surface area contributed by atoms with Crippen molar-refractivity contribution >= 4 is 29.5 Å². The third-order valence-corrected chi connectivity index (χ3v) is 7.34. The van der Waals surface area contributed by atoms with E-state index in [-0.39, 0.29) is 35.9 Å². The highest BCUT2D eigenvalue weighted by Crippen LogP contribution is 2.42. The lowest BCUT2D eigenvalue weighted by Crippen LogP contribution is -2.58. The van der Waals surface area contributed by atoms with Gasteiger partial charge in [-0.25, -0.2) is 0 Å². The molecule has 1 aliphatic carbocycles. The normalized spacial score (nSPS) is 23.9. The second-order valence-electron chi connectivity index (χ2n) is 10.3. The summed E-state index contributed by atoms with van der Waals surface area (Å²) >= 11 is 6.23. The summed E-state index contributed by atoms with van der Waals surface area (Å²) < 4.78 is 6.25. The molecule has 1 heterocycles. The third-order valence-electron chi connectivity index (χ3n) is 6.98. The molecule has 0 aromatic heterocycles. The van der Waals surface area contributed by atoms with Crippen LogP contribution in [0.5, 0.6) is 0 Å². The molecule has 0 bridgehead atoms. The van der Waals surface area contributed by atoms with Crippen molar-refractivity contribution < 1.29 is 14.3 Å². The lowest BCUT2D eigenvalue weighted by Gasteiger charge is -2.48. The summed E-state index contributed by atoms with van der Waals surface area (Å²) in [4.78, 5) is 28.2. The molecule has 2 aromatic rings. The van der Waals surface area contributed by atoms with Crippen LogP contribution in [0.3, 0.4) is 0 Å². The molecule has 1 N–H and O–H groups in total. The number of halogens is 1. The maximum atomic E-state index is 13.5. The number of carbonyl (C=O) groups excluding carboxylic acids is 2. The summed E-state index contributed by atoms with van der Waals surface area (Å²) in [6.45, 7) is 7.04. The monoisotopic (exact) mass is 480 g/mol. The number of amides is 2. The van der Waals surface area contributed by atoms with Gasteiger partial charge < -0.3 is 15.0 Å². The van der Waals surface area contributed by atoms with E-state index in [9.17, 15) is 9.59 Å². The van der Waals surface area contributed by atoms with E-state index < -0.39 is 0 Å². The minimum atomic E-state index is -0.229. The number of nitrogens with zero attached hydrogens (tertiary/aromatic N) is 1. The van der Waals surface area contributed by atoms with Crippen LogP contribution in [0.25, 0.3) is 6.08 Å². The number of hydrogen-bond donors (Lipinski definition) is 1. The molecule has 180 valence electrons. The first-order chi connectivity index (χ1) is 16.2. The summed E-state index contributed by atoms with van der Waals surface area (Å²) in [5.74, 6) is 0.331. The van der Waals surface area contributed by atoms with Gasteiger partial charge in [0.05, 0.1) is 6.04 Å². The average Bonchev–Trinajstić information content (AvgIpc) is 2.81. The maximum Gasteiger partial charge on any atom is 0.289 e. The van der Waals surface area contributed by atoms with E-state index in [0.29, 0.717) is 23.2 Å². The van der Waals surface area contributed by atoms with Crippen LogP contribution >= 0.6 is 11.6 Å². The smallest absolute Gasteiger partial charge is 0.289 e. The Morgan fingerprint density at radius 1 is 1.12 bits per heavy atom. The van der Waals surface area contributed by atoms with Crippen molar-refractivity contribution in [3.05, 3.63) is 76.5 Å². The van der Waals surface area contributed by atoms with Gasteiger partial charge in [-0.1, -0.05) is 80.9 Å². The van der Waals surface area contributed by atoms with Crippen molar-refractivity contribution in [2.45, 2.75) is 58.7 Å². The molecule has 34 heavy (non-hydrogen) atoms. The van der Waals surface area contributed by atoms with Crippen molar-refractivity contribution in [1.29, 1.82) is 0 Å². The number of nitrogens with one attached hydrogen (secondary N) is 1. The Morgan fingerprint density at radius 3 is 2.53 bits per heavy atom. The van der Waals surface area contributed by atoms with Gasteiger partial charge in [0.25, 0.3) is 5.91 Å². The molecule has 3 atom stereocenters. The molecule has 1 saturated heterocycles. The SMILES string of the molecule is CC(C)(C)C1CCC2O/C(=C\c3ccccc3)C(=O)N(CC(=O)NCc3ccccc3Cl)C2C1. The van der Waals surface area contributed by atoms with Gasteiger partial charge in [-0.05, 0) is 53.9 Å². The van der Waals surface area contributed by atoms with E-state index in [1.54, 1.807) is 17.0 Å². The fourth-order valence-electron chi connectivity index (χ4n) is 4.91. The average molecular weight is 481 g/mol. The zero-order chi connectivity index (χ0) is 24.3. The van der Waals surface area contributed by atoms with Crippen LogP contribution < -0.4 is 5.32 Å². The number of rotatable bonds is 5. The van der Waals surface area contributed by atoms with Crippen LogP contribution in [-0.2, 0) is 20.9 Å². The highest BCUT2D eigenvalue weighted by molar-refractivity contribution is 6.31. The van der Waals surface area contributed by atoms with Crippen LogP contribution in [0, 0.1) is 11.3 Å². The predicted octanol–water partition coefficient (Wildman–Crippen LogP) is 5.44.